The van der Waals surface area contributed by atoms with Crippen molar-refractivity contribution in [2.75, 3.05) is 37.0 Å². The van der Waals surface area contributed by atoms with Gasteiger partial charge in [-0.1, -0.05) is 39.8 Å². The maximum Gasteiger partial charge on any atom is 0.417 e. The highest BCUT2D eigenvalue weighted by Crippen LogP contribution is 2.48. The molecule has 7 rings (SSSR count). The molecule has 4 N–H and O–H groups in total. The summed E-state index contributed by atoms with van der Waals surface area (Å²) >= 11 is 1.52. The highest BCUT2D eigenvalue weighted by molar-refractivity contribution is 14.1. The number of nitriles is 1. The number of hydrogen-bond donors (Lipinski definition) is 4. The Kier molecular flexibility index (Phi) is 14.6. The van der Waals surface area contributed by atoms with Gasteiger partial charge in [0.15, 0.2) is 23.0 Å². The number of benzene rings is 3. The number of aromatic amines is 1. The van der Waals surface area contributed by atoms with Crippen molar-refractivity contribution >= 4 is 81.8 Å². The summed E-state index contributed by atoms with van der Waals surface area (Å²) in [7, 11) is 1.29. The third kappa shape index (κ3) is 9.76. The van der Waals surface area contributed by atoms with Crippen LogP contribution in [0.25, 0.3) is 11.0 Å². The second kappa shape index (κ2) is 20.3. The minimum atomic E-state index is -0.724. The number of halogens is 1. The quantitative estimate of drug-likeness (QED) is 0.0704. The van der Waals surface area contributed by atoms with Crippen molar-refractivity contribution < 1.29 is 27.0 Å². The zero-order valence-corrected chi connectivity index (χ0v) is 39.1. The number of carbonyl (C=O) groups excluding carboxylic acids is 4. The largest absolute Gasteiger partial charge is 0.453 e. The number of imidazole rings is 1. The molecule has 6 atom stereocenters. The molecule has 4 amide bonds. The van der Waals surface area contributed by atoms with Gasteiger partial charge in [0.05, 0.1) is 59.3 Å². The minimum Gasteiger partial charge on any atom is -0.453 e. The molecule has 0 bridgehead atoms. The van der Waals surface area contributed by atoms with E-state index < -0.39 is 24.3 Å². The maximum atomic E-state index is 13.8. The van der Waals surface area contributed by atoms with Gasteiger partial charge in [-0.3, -0.25) is 14.6 Å². The number of alkyl carbamates (subject to hydrolysis) is 1. The molecule has 0 aliphatic carbocycles. The van der Waals surface area contributed by atoms with Gasteiger partial charge in [-0.25, -0.2) is 14.6 Å². The van der Waals surface area contributed by atoms with Crippen molar-refractivity contribution in [3.63, 3.8) is 0 Å². The van der Waals surface area contributed by atoms with E-state index in [0.717, 1.165) is 72.1 Å². The number of nitrogens with zero attached hydrogens (tertiary/aromatic N) is 6. The van der Waals surface area contributed by atoms with Gasteiger partial charge in [0.2, 0.25) is 11.8 Å². The molecule has 3 aliphatic heterocycles. The smallest absolute Gasteiger partial charge is 0.417 e. The molecule has 4 aromatic rings. The molecule has 17 heteroatoms. The van der Waals surface area contributed by atoms with E-state index in [1.165, 1.54) is 30.1 Å². The minimum absolute atomic E-state index is 0.0199. The van der Waals surface area contributed by atoms with Gasteiger partial charge >= 0.3 is 12.2 Å². The Morgan fingerprint density at radius 1 is 0.859 bits per heavy atom. The predicted octanol–water partition coefficient (Wildman–Crippen LogP) is 8.40. The first kappa shape index (κ1) is 46.1. The standard InChI is InChI=1S/C47H57IN10O6/c1-27(2)41(55-47(62)64-48)44(59)56-21-7-9-33(56)26-51-36-23-30(13-17-34(36)50-5)38-19-20-39(58(38)32-15-11-29(25-49)12-16-32)31-14-18-35-37(24-31)53-43(52-35)40-10-8-22-57(40)45(60)42(28(3)4)54-46(61)63-6/h11-18,23-24,27-28,33,38-42,51H,5,7-10,19-22,26H2,1-4,6H3,(H,52,53)(H,54,61)(H,55,62)/t33-,38+,39+,40-,41-,42-/m0/s1. The highest BCUT2D eigenvalue weighted by Gasteiger charge is 2.40. The number of carbonyl (C=O) groups is 4. The van der Waals surface area contributed by atoms with E-state index >= 15 is 0 Å². The topological polar surface area (TPSA) is 197 Å². The lowest BCUT2D eigenvalue weighted by Gasteiger charge is -2.34. The van der Waals surface area contributed by atoms with Crippen LogP contribution in [0, 0.1) is 23.2 Å². The van der Waals surface area contributed by atoms with E-state index in [4.69, 9.17) is 12.8 Å². The van der Waals surface area contributed by atoms with Crippen LogP contribution < -0.4 is 20.9 Å². The summed E-state index contributed by atoms with van der Waals surface area (Å²) in [5.74, 6) is 0.166. The van der Waals surface area contributed by atoms with Gasteiger partial charge in [-0.05, 0) is 117 Å². The van der Waals surface area contributed by atoms with E-state index in [0.29, 0.717) is 36.7 Å². The maximum absolute atomic E-state index is 13.8. The Morgan fingerprint density at radius 2 is 1.48 bits per heavy atom. The Hall–Kier alpha value is -5.90. The lowest BCUT2D eigenvalue weighted by molar-refractivity contribution is -0.136. The Balaban J connectivity index is 1.14. The van der Waals surface area contributed by atoms with Crippen molar-refractivity contribution in [3.8, 4) is 6.07 Å². The fraction of sp³-hybridized carbons (Fsp3) is 0.468. The normalized spacial score (nSPS) is 20.6. The summed E-state index contributed by atoms with van der Waals surface area (Å²) in [6.07, 6.45) is 3.66. The number of aromatic nitrogens is 2. The van der Waals surface area contributed by atoms with Crippen molar-refractivity contribution in [2.24, 2.45) is 16.8 Å². The number of hydrogen-bond acceptors (Lipinski definition) is 11. The number of likely N-dealkylation sites (tertiary alicyclic amines) is 2. The molecule has 3 fully saturated rings. The van der Waals surface area contributed by atoms with Gasteiger partial charge in [-0.15, -0.1) is 0 Å². The Bertz CT molecular complexity index is 2400. The molecule has 0 unspecified atom stereocenters. The summed E-state index contributed by atoms with van der Waals surface area (Å²) < 4.78 is 9.59. The summed E-state index contributed by atoms with van der Waals surface area (Å²) in [6, 6.07) is 20.6. The van der Waals surface area contributed by atoms with Gasteiger partial charge in [0.25, 0.3) is 0 Å². The average molecular weight is 985 g/mol. The lowest BCUT2D eigenvalue weighted by Crippen LogP contribution is -2.53. The van der Waals surface area contributed by atoms with Gasteiger partial charge < -0.3 is 43.4 Å². The van der Waals surface area contributed by atoms with Crippen LogP contribution in [0.2, 0.25) is 0 Å². The first-order valence-corrected chi connectivity index (χ1v) is 22.9. The molecule has 3 aromatic carbocycles. The fourth-order valence-electron chi connectivity index (χ4n) is 9.59. The summed E-state index contributed by atoms with van der Waals surface area (Å²) in [4.78, 5) is 70.8. The molecular weight excluding hydrogens is 927 g/mol. The van der Waals surface area contributed by atoms with Crippen LogP contribution in [0.4, 0.5) is 26.7 Å². The number of ether oxygens (including phenoxy) is 1. The van der Waals surface area contributed by atoms with Crippen LogP contribution in [0.5, 0.6) is 0 Å². The third-order valence-electron chi connectivity index (χ3n) is 12.9. The molecule has 4 heterocycles. The molecule has 338 valence electrons. The van der Waals surface area contributed by atoms with Crippen molar-refractivity contribution in [2.45, 2.75) is 102 Å². The van der Waals surface area contributed by atoms with Crippen LogP contribution in [0.15, 0.2) is 65.7 Å². The number of amides is 4. The van der Waals surface area contributed by atoms with Gasteiger partial charge in [0.1, 0.15) is 17.9 Å². The average Bonchev–Trinajstić information content (AvgIpc) is 4.14. The number of anilines is 2. The molecule has 3 aliphatic rings. The van der Waals surface area contributed by atoms with Crippen molar-refractivity contribution in [1.29, 1.82) is 5.26 Å². The van der Waals surface area contributed by atoms with E-state index in [-0.39, 0.29) is 47.8 Å². The zero-order chi connectivity index (χ0) is 45.7. The van der Waals surface area contributed by atoms with E-state index in [1.54, 1.807) is 0 Å². The highest BCUT2D eigenvalue weighted by atomic mass is 127. The van der Waals surface area contributed by atoms with E-state index in [9.17, 15) is 24.4 Å². The first-order valence-electron chi connectivity index (χ1n) is 22.0. The molecule has 16 nitrogen and oxygen atoms in total. The fourth-order valence-corrected chi connectivity index (χ4v) is 9.71. The lowest BCUT2D eigenvalue weighted by atomic mass is 10.0. The van der Waals surface area contributed by atoms with E-state index in [2.05, 4.69) is 67.9 Å². The predicted molar refractivity (Wildman–Crippen MR) is 253 cm³/mol. The zero-order valence-electron chi connectivity index (χ0n) is 37.0. The molecule has 0 spiro atoms. The number of nitrogens with one attached hydrogen (secondary N) is 4. The first-order chi connectivity index (χ1) is 30.8. The second-order valence-corrected chi connectivity index (χ2v) is 17.9. The molecular formula is C47H57IN10O6. The van der Waals surface area contributed by atoms with Crippen molar-refractivity contribution in [1.82, 2.24) is 30.4 Å². The summed E-state index contributed by atoms with van der Waals surface area (Å²) in [6.45, 7) is 13.1. The van der Waals surface area contributed by atoms with Crippen molar-refractivity contribution in [3.05, 3.63) is 83.2 Å². The number of rotatable bonds is 14. The van der Waals surface area contributed by atoms with Crippen LogP contribution in [0.1, 0.15) is 107 Å². The van der Waals surface area contributed by atoms with E-state index in [1.807, 2.05) is 73.9 Å². The number of fused-ring (bicyclic) bond motifs is 1. The van der Waals surface area contributed by atoms with Crippen LogP contribution in [-0.2, 0) is 17.4 Å². The SMILES string of the molecule is C=Nc1ccc([C@H]2CC[C@H](c3ccc4nc([C@@H]5CCCN5C(=O)[C@@H](NC(=O)OC)C(C)C)[nH]c4c3)N2c2ccc(C#N)cc2)cc1NC[C@@H]1CCCN1C(=O)[C@@H](NC(=O)OI)C(C)C. The molecule has 0 radical (unpaired) electrons. The molecule has 64 heavy (non-hydrogen) atoms. The molecule has 0 saturated carbocycles. The van der Waals surface area contributed by atoms with Crippen LogP contribution in [0.3, 0.4) is 0 Å². The number of aliphatic imine (C=N–C) groups is 1. The Morgan fingerprint density at radius 3 is 2.12 bits per heavy atom. The number of methoxy groups -OCH3 is 1. The molecule has 1 aromatic heterocycles. The van der Waals surface area contributed by atoms with Crippen LogP contribution in [-0.4, -0.2) is 95.4 Å². The summed E-state index contributed by atoms with van der Waals surface area (Å²) in [5.41, 5.74) is 6.94. The second-order valence-electron chi connectivity index (χ2n) is 17.5. The van der Waals surface area contributed by atoms with Crippen LogP contribution >= 0.6 is 23.0 Å². The monoisotopic (exact) mass is 984 g/mol. The summed E-state index contributed by atoms with van der Waals surface area (Å²) in [5, 5.41) is 18.7. The van der Waals surface area contributed by atoms with Gasteiger partial charge in [0, 0.05) is 31.4 Å². The van der Waals surface area contributed by atoms with Gasteiger partial charge in [-0.2, -0.15) is 5.26 Å². The third-order valence-corrected chi connectivity index (χ3v) is 13.3. The Labute approximate surface area is 388 Å². The molecule has 3 saturated heterocycles. The number of H-pyrrole nitrogens is 1.